The summed E-state index contributed by atoms with van der Waals surface area (Å²) in [6.45, 7) is 4.26. The number of amides is 2. The van der Waals surface area contributed by atoms with Crippen molar-refractivity contribution in [1.29, 1.82) is 0 Å². The molecule has 0 aromatic heterocycles. The van der Waals surface area contributed by atoms with Gasteiger partial charge in [-0.1, -0.05) is 49.9 Å². The number of hydrogen-bond donors (Lipinski definition) is 2. The monoisotopic (exact) mass is 491 g/mol. The molecule has 0 fully saturated rings. The van der Waals surface area contributed by atoms with Crippen LogP contribution in [-0.2, 0) is 19.6 Å². The largest absolute Gasteiger partial charge is 0.395 e. The molecule has 1 aromatic carbocycles. The molecule has 11 heteroatoms. The van der Waals surface area contributed by atoms with Crippen LogP contribution in [0, 0.1) is 0 Å². The minimum atomic E-state index is -3.86. The number of rotatable bonds is 12. The molecule has 0 saturated heterocycles. The van der Waals surface area contributed by atoms with Crippen molar-refractivity contribution in [2.75, 3.05) is 31.6 Å². The molecular formula is C20H27Cl2N3O5S. The first-order valence-corrected chi connectivity index (χ1v) is 12.3. The summed E-state index contributed by atoms with van der Waals surface area (Å²) in [5.41, 5.74) is 0.150. The van der Waals surface area contributed by atoms with E-state index in [9.17, 15) is 18.0 Å². The summed E-state index contributed by atoms with van der Waals surface area (Å²) in [5.74, 6) is -1.18. The lowest BCUT2D eigenvalue weighted by atomic mass is 10.3. The zero-order valence-electron chi connectivity index (χ0n) is 17.5. The average molecular weight is 492 g/mol. The van der Waals surface area contributed by atoms with E-state index in [-0.39, 0.29) is 39.5 Å². The van der Waals surface area contributed by atoms with E-state index in [4.69, 9.17) is 28.3 Å². The van der Waals surface area contributed by atoms with Crippen molar-refractivity contribution in [1.82, 2.24) is 9.21 Å². The summed E-state index contributed by atoms with van der Waals surface area (Å²) in [6, 6.07) is 2.57. The Morgan fingerprint density at radius 1 is 1.06 bits per heavy atom. The highest BCUT2D eigenvalue weighted by Gasteiger charge is 2.32. The number of carbonyl (C=O) groups excluding carboxylic acids is 2. The van der Waals surface area contributed by atoms with Crippen molar-refractivity contribution in [3.8, 4) is 0 Å². The number of β-amino-alcohol motifs (C(OH)–C–C–N with tert-alkyl or cyclic N) is 1. The molecule has 0 aliphatic carbocycles. The summed E-state index contributed by atoms with van der Waals surface area (Å²) >= 11 is 12.6. The van der Waals surface area contributed by atoms with Crippen LogP contribution in [0.1, 0.15) is 39.5 Å². The number of aliphatic hydroxyl groups is 1. The highest BCUT2D eigenvalue weighted by atomic mass is 35.5. The van der Waals surface area contributed by atoms with Crippen LogP contribution in [0.5, 0.6) is 0 Å². The van der Waals surface area contributed by atoms with Gasteiger partial charge in [-0.15, -0.1) is 0 Å². The molecule has 2 rings (SSSR count). The minimum Gasteiger partial charge on any atom is -0.395 e. The van der Waals surface area contributed by atoms with Gasteiger partial charge >= 0.3 is 0 Å². The number of carbonyl (C=O) groups is 2. The molecule has 1 heterocycles. The van der Waals surface area contributed by atoms with Gasteiger partial charge in [0, 0.05) is 19.2 Å². The highest BCUT2D eigenvalue weighted by molar-refractivity contribution is 7.89. The van der Waals surface area contributed by atoms with Crippen molar-refractivity contribution >= 4 is 50.7 Å². The molecule has 0 atom stereocenters. The average Bonchev–Trinajstić information content (AvgIpc) is 2.98. The minimum absolute atomic E-state index is 0.0377. The normalized spacial score (nSPS) is 14.5. The van der Waals surface area contributed by atoms with E-state index < -0.39 is 21.8 Å². The number of benzene rings is 1. The van der Waals surface area contributed by atoms with Crippen LogP contribution in [0.4, 0.5) is 5.69 Å². The van der Waals surface area contributed by atoms with Crippen molar-refractivity contribution in [3.63, 3.8) is 0 Å². The fourth-order valence-corrected chi connectivity index (χ4v) is 5.36. The number of halogens is 2. The van der Waals surface area contributed by atoms with Gasteiger partial charge in [-0.3, -0.25) is 14.5 Å². The Morgan fingerprint density at radius 3 is 2.23 bits per heavy atom. The Bertz CT molecular complexity index is 958. The Morgan fingerprint density at radius 2 is 1.68 bits per heavy atom. The molecule has 31 heavy (non-hydrogen) atoms. The van der Waals surface area contributed by atoms with Crippen molar-refractivity contribution < 1.29 is 23.1 Å². The van der Waals surface area contributed by atoms with Crippen molar-refractivity contribution in [3.05, 3.63) is 34.0 Å². The van der Waals surface area contributed by atoms with Gasteiger partial charge in [-0.2, -0.15) is 4.31 Å². The third-order valence-electron chi connectivity index (χ3n) is 4.76. The molecule has 1 aliphatic rings. The number of unbranched alkanes of at least 4 members (excludes halogenated alkanes) is 2. The summed E-state index contributed by atoms with van der Waals surface area (Å²) < 4.78 is 27.8. The number of nitrogens with one attached hydrogen (secondary N) is 1. The van der Waals surface area contributed by atoms with Gasteiger partial charge < -0.3 is 10.4 Å². The van der Waals surface area contributed by atoms with E-state index in [0.717, 1.165) is 36.7 Å². The number of nitrogens with zero attached hydrogens (tertiary/aromatic N) is 2. The van der Waals surface area contributed by atoms with E-state index in [2.05, 4.69) is 5.32 Å². The van der Waals surface area contributed by atoms with E-state index in [1.54, 1.807) is 0 Å². The third-order valence-corrected chi connectivity index (χ3v) is 7.44. The molecule has 1 aromatic rings. The number of sulfonamides is 1. The quantitative estimate of drug-likeness (QED) is 0.434. The number of anilines is 1. The molecular weight excluding hydrogens is 465 g/mol. The van der Waals surface area contributed by atoms with Gasteiger partial charge in [-0.05, 0) is 25.0 Å². The van der Waals surface area contributed by atoms with E-state index in [1.807, 2.05) is 13.8 Å². The first kappa shape index (κ1) is 25.6. The van der Waals surface area contributed by atoms with Gasteiger partial charge in [0.15, 0.2) is 0 Å². The summed E-state index contributed by atoms with van der Waals surface area (Å²) in [7, 11) is -3.86. The number of imide groups is 1. The first-order chi connectivity index (χ1) is 14.7. The van der Waals surface area contributed by atoms with Crippen LogP contribution in [-0.4, -0.2) is 60.8 Å². The zero-order chi connectivity index (χ0) is 23.2. The third kappa shape index (κ3) is 5.98. The summed E-state index contributed by atoms with van der Waals surface area (Å²) in [5, 5.41) is 11.7. The molecule has 0 bridgehead atoms. The van der Waals surface area contributed by atoms with Gasteiger partial charge in [0.1, 0.15) is 10.6 Å². The maximum absolute atomic E-state index is 13.2. The maximum Gasteiger partial charge on any atom is 0.277 e. The Kier molecular flexibility index (Phi) is 9.32. The number of aliphatic hydroxyl groups excluding tert-OH is 1. The first-order valence-electron chi connectivity index (χ1n) is 10.1. The van der Waals surface area contributed by atoms with Gasteiger partial charge in [0.2, 0.25) is 10.0 Å². The van der Waals surface area contributed by atoms with Crippen LogP contribution in [0.25, 0.3) is 0 Å². The predicted molar refractivity (Wildman–Crippen MR) is 121 cm³/mol. The molecule has 2 N–H and O–H groups in total. The van der Waals surface area contributed by atoms with E-state index >= 15 is 0 Å². The topological polar surface area (TPSA) is 107 Å². The predicted octanol–water partition coefficient (Wildman–Crippen LogP) is 3.24. The molecule has 172 valence electrons. The number of hydrogen-bond acceptors (Lipinski definition) is 6. The van der Waals surface area contributed by atoms with Crippen molar-refractivity contribution in [2.45, 2.75) is 44.4 Å². The summed E-state index contributed by atoms with van der Waals surface area (Å²) in [6.07, 6.45) is 4.24. The molecule has 0 spiro atoms. The van der Waals surface area contributed by atoms with Crippen molar-refractivity contribution in [2.24, 2.45) is 0 Å². The van der Waals surface area contributed by atoms with Gasteiger partial charge in [0.25, 0.3) is 11.8 Å². The van der Waals surface area contributed by atoms with Crippen LogP contribution in [0.3, 0.4) is 0 Å². The zero-order valence-corrected chi connectivity index (χ0v) is 19.9. The SMILES string of the molecule is CCCCN(CCCC)S(=O)(=O)c1cc(Cl)c(NC2=CC(=O)N(CCO)C2=O)cc1Cl. The van der Waals surface area contributed by atoms with Gasteiger partial charge in [-0.25, -0.2) is 8.42 Å². The Labute approximate surface area is 192 Å². The Balaban J connectivity index is 2.32. The standard InChI is InChI=1S/C20H27Cl2N3O5S/c1-3-5-7-24(8-6-4-2)31(29,30)18-12-14(21)16(11-15(18)22)23-17-13-19(27)25(9-10-26)20(17)28/h11-13,23,26H,3-10H2,1-2H3. The summed E-state index contributed by atoms with van der Waals surface area (Å²) in [4.78, 5) is 25.0. The molecule has 0 radical (unpaired) electrons. The maximum atomic E-state index is 13.2. The second-order valence-electron chi connectivity index (χ2n) is 7.08. The smallest absolute Gasteiger partial charge is 0.277 e. The fourth-order valence-electron chi connectivity index (χ4n) is 3.04. The molecule has 8 nitrogen and oxygen atoms in total. The molecule has 1 aliphatic heterocycles. The lowest BCUT2D eigenvalue weighted by Gasteiger charge is -2.23. The molecule has 0 saturated carbocycles. The fraction of sp³-hybridized carbons (Fsp3) is 0.500. The molecule has 0 unspecified atom stereocenters. The van der Waals surface area contributed by atoms with E-state index in [0.29, 0.717) is 13.1 Å². The molecule has 2 amide bonds. The van der Waals surface area contributed by atoms with E-state index in [1.165, 1.54) is 16.4 Å². The van der Waals surface area contributed by atoms with Crippen LogP contribution >= 0.6 is 23.2 Å². The van der Waals surface area contributed by atoms with Gasteiger partial charge in [0.05, 0.1) is 28.9 Å². The van der Waals surface area contributed by atoms with Crippen LogP contribution in [0.2, 0.25) is 10.0 Å². The van der Waals surface area contributed by atoms with Crippen LogP contribution < -0.4 is 5.32 Å². The second-order valence-corrected chi connectivity index (χ2v) is 9.80. The lowest BCUT2D eigenvalue weighted by molar-refractivity contribution is -0.137. The second kappa shape index (κ2) is 11.3. The Hall–Kier alpha value is -1.65. The highest BCUT2D eigenvalue weighted by Crippen LogP contribution is 2.35. The lowest BCUT2D eigenvalue weighted by Crippen LogP contribution is -2.34. The van der Waals surface area contributed by atoms with Crippen LogP contribution in [0.15, 0.2) is 28.8 Å².